The van der Waals surface area contributed by atoms with Crippen molar-refractivity contribution in [3.05, 3.63) is 58.1 Å². The van der Waals surface area contributed by atoms with Crippen LogP contribution in [0.5, 0.6) is 0 Å². The fraction of sp³-hybridized carbons (Fsp3) is 0.0769. The predicted octanol–water partition coefficient (Wildman–Crippen LogP) is 6.16. The molecule has 2 aromatic carbocycles. The summed E-state index contributed by atoms with van der Waals surface area (Å²) in [6.45, 7) is 0. The van der Waals surface area contributed by atoms with Crippen LogP contribution in [0, 0.1) is 0 Å². The van der Waals surface area contributed by atoms with Gasteiger partial charge in [0.15, 0.2) is 0 Å². The zero-order valence-corrected chi connectivity index (χ0v) is 11.7. The highest BCUT2D eigenvalue weighted by molar-refractivity contribution is 7.99. The van der Waals surface area contributed by atoms with Gasteiger partial charge in [0.1, 0.15) is 0 Å². The second kappa shape index (κ2) is 5.65. The second-order valence-corrected chi connectivity index (χ2v) is 5.75. The van der Waals surface area contributed by atoms with Gasteiger partial charge in [-0.1, -0.05) is 41.0 Å². The zero-order chi connectivity index (χ0) is 14.0. The highest BCUT2D eigenvalue weighted by Crippen LogP contribution is 2.35. The van der Waals surface area contributed by atoms with Crippen LogP contribution >= 0.6 is 35.0 Å². The van der Waals surface area contributed by atoms with Crippen molar-refractivity contribution in [3.63, 3.8) is 0 Å². The van der Waals surface area contributed by atoms with Crippen molar-refractivity contribution in [1.29, 1.82) is 0 Å². The maximum Gasteiger partial charge on any atom is 0.416 e. The number of alkyl halides is 3. The third-order valence-electron chi connectivity index (χ3n) is 2.23. The molecule has 0 aliphatic carbocycles. The first-order chi connectivity index (χ1) is 8.84. The van der Waals surface area contributed by atoms with Gasteiger partial charge in [-0.15, -0.1) is 0 Å². The van der Waals surface area contributed by atoms with E-state index in [-0.39, 0.29) is 0 Å². The first-order valence-corrected chi connectivity index (χ1v) is 6.73. The number of hydrogen-bond acceptors (Lipinski definition) is 1. The molecule has 0 heterocycles. The molecule has 0 aliphatic heterocycles. The fourth-order valence-corrected chi connectivity index (χ4v) is 3.09. The van der Waals surface area contributed by atoms with Crippen LogP contribution < -0.4 is 0 Å². The normalized spacial score (nSPS) is 11.6. The Morgan fingerprint density at radius 3 is 2.05 bits per heavy atom. The Morgan fingerprint density at radius 1 is 0.842 bits per heavy atom. The predicted molar refractivity (Wildman–Crippen MR) is 72.0 cm³/mol. The van der Waals surface area contributed by atoms with E-state index in [0.717, 1.165) is 12.1 Å². The molecule has 0 atom stereocenters. The molecule has 0 nitrogen and oxygen atoms in total. The number of halogens is 5. The monoisotopic (exact) mass is 322 g/mol. The van der Waals surface area contributed by atoms with Crippen LogP contribution in [-0.2, 0) is 6.18 Å². The van der Waals surface area contributed by atoms with Crippen LogP contribution in [0.15, 0.2) is 52.3 Å². The molecule has 0 radical (unpaired) electrons. The molecule has 0 fully saturated rings. The van der Waals surface area contributed by atoms with E-state index in [1.165, 1.54) is 17.8 Å². The molecule has 0 N–H and O–H groups in total. The van der Waals surface area contributed by atoms with Gasteiger partial charge in [-0.3, -0.25) is 0 Å². The molecule has 0 unspecified atom stereocenters. The van der Waals surface area contributed by atoms with Crippen LogP contribution in [0.3, 0.4) is 0 Å². The standard InChI is InChI=1S/C13H7Cl2F3S/c14-9-5-10(15)7-12(6-9)19-11-3-1-2-8(4-11)13(16,17)18/h1-7H. The molecule has 0 aliphatic rings. The van der Waals surface area contributed by atoms with E-state index < -0.39 is 11.7 Å². The number of hydrogen-bond donors (Lipinski definition) is 0. The molecular weight excluding hydrogens is 316 g/mol. The largest absolute Gasteiger partial charge is 0.416 e. The van der Waals surface area contributed by atoms with Crippen molar-refractivity contribution in [1.82, 2.24) is 0 Å². The molecule has 0 spiro atoms. The van der Waals surface area contributed by atoms with Gasteiger partial charge in [0, 0.05) is 19.8 Å². The van der Waals surface area contributed by atoms with Crippen LogP contribution in [0.25, 0.3) is 0 Å². The lowest BCUT2D eigenvalue weighted by molar-refractivity contribution is -0.137. The third-order valence-corrected chi connectivity index (χ3v) is 3.63. The Balaban J connectivity index is 2.28. The number of rotatable bonds is 2. The summed E-state index contributed by atoms with van der Waals surface area (Å²) in [4.78, 5) is 1.17. The third kappa shape index (κ3) is 4.06. The van der Waals surface area contributed by atoms with Gasteiger partial charge >= 0.3 is 6.18 Å². The van der Waals surface area contributed by atoms with Gasteiger partial charge < -0.3 is 0 Å². The zero-order valence-electron chi connectivity index (χ0n) is 9.34. The van der Waals surface area contributed by atoms with E-state index in [1.54, 1.807) is 24.3 Å². The summed E-state index contributed by atoms with van der Waals surface area (Å²) < 4.78 is 37.8. The molecule has 2 aromatic rings. The van der Waals surface area contributed by atoms with Crippen LogP contribution in [0.4, 0.5) is 13.2 Å². The average molecular weight is 323 g/mol. The summed E-state index contributed by atoms with van der Waals surface area (Å²) in [5, 5.41) is 0.893. The van der Waals surface area contributed by atoms with Crippen LogP contribution in [0.1, 0.15) is 5.56 Å². The molecule has 19 heavy (non-hydrogen) atoms. The Kier molecular flexibility index (Phi) is 4.33. The summed E-state index contributed by atoms with van der Waals surface area (Å²) in [6.07, 6.45) is -4.34. The van der Waals surface area contributed by atoms with E-state index in [1.807, 2.05) is 0 Å². The van der Waals surface area contributed by atoms with Crippen molar-refractivity contribution < 1.29 is 13.2 Å². The summed E-state index contributed by atoms with van der Waals surface area (Å²) in [6, 6.07) is 9.98. The van der Waals surface area contributed by atoms with E-state index in [9.17, 15) is 13.2 Å². The Labute approximate surface area is 122 Å². The first-order valence-electron chi connectivity index (χ1n) is 5.16. The summed E-state index contributed by atoms with van der Waals surface area (Å²) in [5.74, 6) is 0. The highest BCUT2D eigenvalue weighted by Gasteiger charge is 2.30. The molecule has 0 saturated heterocycles. The topological polar surface area (TPSA) is 0 Å². The van der Waals surface area contributed by atoms with E-state index >= 15 is 0 Å². The van der Waals surface area contributed by atoms with Crippen LogP contribution in [0.2, 0.25) is 10.0 Å². The Bertz CT molecular complexity index is 576. The lowest BCUT2D eigenvalue weighted by Crippen LogP contribution is -2.04. The van der Waals surface area contributed by atoms with Crippen molar-refractivity contribution in [2.75, 3.05) is 0 Å². The van der Waals surface area contributed by atoms with Crippen molar-refractivity contribution in [2.45, 2.75) is 16.0 Å². The van der Waals surface area contributed by atoms with E-state index in [4.69, 9.17) is 23.2 Å². The Morgan fingerprint density at radius 2 is 1.47 bits per heavy atom. The smallest absolute Gasteiger partial charge is 0.166 e. The molecular formula is C13H7Cl2F3S. The van der Waals surface area contributed by atoms with Gasteiger partial charge in [0.05, 0.1) is 5.56 Å². The van der Waals surface area contributed by atoms with Crippen LogP contribution in [-0.4, -0.2) is 0 Å². The summed E-state index contributed by atoms with van der Waals surface area (Å²) >= 11 is 12.9. The highest BCUT2D eigenvalue weighted by atomic mass is 35.5. The van der Waals surface area contributed by atoms with Gasteiger partial charge in [-0.25, -0.2) is 0 Å². The minimum absolute atomic E-state index is 0.446. The average Bonchev–Trinajstić information content (AvgIpc) is 2.26. The maximum atomic E-state index is 12.6. The van der Waals surface area contributed by atoms with Gasteiger partial charge in [0.25, 0.3) is 0 Å². The lowest BCUT2D eigenvalue weighted by atomic mass is 10.2. The number of benzene rings is 2. The maximum absolute atomic E-state index is 12.6. The van der Waals surface area contributed by atoms with Crippen molar-refractivity contribution in [3.8, 4) is 0 Å². The first kappa shape index (κ1) is 14.6. The molecule has 0 saturated carbocycles. The quantitative estimate of drug-likeness (QED) is 0.637. The fourth-order valence-electron chi connectivity index (χ4n) is 1.46. The van der Waals surface area contributed by atoms with E-state index in [2.05, 4.69) is 0 Å². The van der Waals surface area contributed by atoms with Gasteiger partial charge in [0.2, 0.25) is 0 Å². The Hall–Kier alpha value is -0.840. The molecule has 0 amide bonds. The van der Waals surface area contributed by atoms with Gasteiger partial charge in [-0.05, 0) is 36.4 Å². The van der Waals surface area contributed by atoms with Crippen molar-refractivity contribution in [2.24, 2.45) is 0 Å². The van der Waals surface area contributed by atoms with Crippen molar-refractivity contribution >= 4 is 35.0 Å². The minimum Gasteiger partial charge on any atom is -0.166 e. The minimum atomic E-state index is -4.34. The SMILES string of the molecule is FC(F)(F)c1cccc(Sc2cc(Cl)cc(Cl)c2)c1. The lowest BCUT2D eigenvalue weighted by Gasteiger charge is -2.08. The second-order valence-electron chi connectivity index (χ2n) is 3.73. The summed E-state index contributed by atoms with van der Waals surface area (Å²) in [7, 11) is 0. The van der Waals surface area contributed by atoms with Gasteiger partial charge in [-0.2, -0.15) is 13.2 Å². The molecule has 2 rings (SSSR count). The molecule has 6 heteroatoms. The molecule has 0 bridgehead atoms. The summed E-state index contributed by atoms with van der Waals surface area (Å²) in [5.41, 5.74) is -0.675. The van der Waals surface area contributed by atoms with E-state index in [0.29, 0.717) is 19.8 Å². The molecule has 0 aromatic heterocycles. The molecule has 100 valence electrons.